The van der Waals surface area contributed by atoms with Crippen LogP contribution in [0.2, 0.25) is 0 Å². The van der Waals surface area contributed by atoms with Crippen LogP contribution in [0.4, 0.5) is 17.6 Å². The quantitative estimate of drug-likeness (QED) is 0.828. The molecule has 1 unspecified atom stereocenters. The normalized spacial score (nSPS) is 13.2. The summed E-state index contributed by atoms with van der Waals surface area (Å²) in [5, 5.41) is 10.2. The van der Waals surface area contributed by atoms with Crippen molar-refractivity contribution in [3.63, 3.8) is 0 Å². The minimum atomic E-state index is -4.72. The highest BCUT2D eigenvalue weighted by molar-refractivity contribution is 5.39. The maximum Gasteiger partial charge on any atom is 0.416 e. The van der Waals surface area contributed by atoms with Gasteiger partial charge in [-0.1, -0.05) is 37.3 Å². The van der Waals surface area contributed by atoms with Gasteiger partial charge in [-0.15, -0.1) is 0 Å². The van der Waals surface area contributed by atoms with Crippen molar-refractivity contribution in [1.82, 2.24) is 0 Å². The molecule has 0 saturated carbocycles. The highest BCUT2D eigenvalue weighted by atomic mass is 19.4. The predicted octanol–water partition coefficient (Wildman–Crippen LogP) is 4.49. The van der Waals surface area contributed by atoms with Crippen LogP contribution in [0.5, 0.6) is 0 Å². The molecule has 0 amide bonds. The van der Waals surface area contributed by atoms with Crippen LogP contribution in [0.25, 0.3) is 0 Å². The third-order valence-corrected chi connectivity index (χ3v) is 3.29. The van der Waals surface area contributed by atoms with Crippen molar-refractivity contribution in [2.24, 2.45) is 0 Å². The Balaban J connectivity index is 2.50. The van der Waals surface area contributed by atoms with E-state index in [1.54, 1.807) is 18.2 Å². The summed E-state index contributed by atoms with van der Waals surface area (Å²) in [4.78, 5) is 0. The summed E-state index contributed by atoms with van der Waals surface area (Å²) in [6, 6.07) is 8.99. The van der Waals surface area contributed by atoms with Gasteiger partial charge >= 0.3 is 6.18 Å². The molecule has 0 fully saturated rings. The lowest BCUT2D eigenvalue weighted by Crippen LogP contribution is -2.13. The first-order valence-electron chi connectivity index (χ1n) is 6.46. The van der Waals surface area contributed by atoms with Gasteiger partial charge in [0.15, 0.2) is 0 Å². The van der Waals surface area contributed by atoms with E-state index in [-0.39, 0.29) is 5.56 Å². The van der Waals surface area contributed by atoms with E-state index in [4.69, 9.17) is 0 Å². The standard InChI is InChI=1S/C16H14F4O/c1-2-10-4-3-5-11(8-10)15(21)13-7-6-12(17)9-14(13)16(18,19)20/h3-9,15,21H,2H2,1H3. The molecule has 0 aliphatic carbocycles. The third-order valence-electron chi connectivity index (χ3n) is 3.29. The summed E-state index contributed by atoms with van der Waals surface area (Å²) in [7, 11) is 0. The molecule has 0 spiro atoms. The lowest BCUT2D eigenvalue weighted by atomic mass is 9.95. The minimum Gasteiger partial charge on any atom is -0.384 e. The average Bonchev–Trinajstić information content (AvgIpc) is 2.45. The number of benzene rings is 2. The first-order valence-corrected chi connectivity index (χ1v) is 6.46. The summed E-state index contributed by atoms with van der Waals surface area (Å²) in [5.74, 6) is -0.986. The largest absolute Gasteiger partial charge is 0.416 e. The lowest BCUT2D eigenvalue weighted by Gasteiger charge is -2.18. The van der Waals surface area contributed by atoms with Crippen LogP contribution in [0.1, 0.15) is 35.3 Å². The monoisotopic (exact) mass is 298 g/mol. The number of aliphatic hydroxyl groups is 1. The van der Waals surface area contributed by atoms with Gasteiger partial charge in [0.1, 0.15) is 11.9 Å². The Hall–Kier alpha value is -1.88. The highest BCUT2D eigenvalue weighted by Crippen LogP contribution is 2.37. The second-order valence-corrected chi connectivity index (χ2v) is 4.73. The Bertz CT molecular complexity index is 634. The Morgan fingerprint density at radius 3 is 2.43 bits per heavy atom. The van der Waals surface area contributed by atoms with Gasteiger partial charge in [0, 0.05) is 0 Å². The zero-order valence-electron chi connectivity index (χ0n) is 11.3. The Labute approximate surface area is 119 Å². The van der Waals surface area contributed by atoms with Gasteiger partial charge in [0.2, 0.25) is 0 Å². The Kier molecular flexibility index (Phi) is 4.32. The van der Waals surface area contributed by atoms with Crippen molar-refractivity contribution in [1.29, 1.82) is 0 Å². The number of aryl methyl sites for hydroxylation is 1. The second-order valence-electron chi connectivity index (χ2n) is 4.73. The fourth-order valence-electron chi connectivity index (χ4n) is 2.18. The molecule has 0 aliphatic heterocycles. The van der Waals surface area contributed by atoms with Crippen LogP contribution in [-0.4, -0.2) is 5.11 Å². The van der Waals surface area contributed by atoms with Crippen LogP contribution >= 0.6 is 0 Å². The van der Waals surface area contributed by atoms with Gasteiger partial charge in [-0.3, -0.25) is 0 Å². The molecule has 2 aromatic rings. The number of hydrogen-bond acceptors (Lipinski definition) is 1. The van der Waals surface area contributed by atoms with Gasteiger partial charge in [0.05, 0.1) is 5.56 Å². The summed E-state index contributed by atoms with van der Waals surface area (Å²) in [5.41, 5.74) is -0.247. The molecule has 0 aromatic heterocycles. The van der Waals surface area contributed by atoms with E-state index in [1.807, 2.05) is 13.0 Å². The maximum absolute atomic E-state index is 13.1. The fourth-order valence-corrected chi connectivity index (χ4v) is 2.18. The van der Waals surface area contributed by atoms with Crippen LogP contribution in [-0.2, 0) is 12.6 Å². The van der Waals surface area contributed by atoms with Gasteiger partial charge in [-0.25, -0.2) is 4.39 Å². The number of halogens is 4. The van der Waals surface area contributed by atoms with Crippen molar-refractivity contribution < 1.29 is 22.7 Å². The first-order chi connectivity index (χ1) is 9.82. The number of hydrogen-bond donors (Lipinski definition) is 1. The molecule has 0 radical (unpaired) electrons. The Morgan fingerprint density at radius 1 is 1.10 bits per heavy atom. The second kappa shape index (κ2) is 5.85. The molecule has 5 heteroatoms. The third kappa shape index (κ3) is 3.42. The maximum atomic E-state index is 13.1. The van der Waals surface area contributed by atoms with Crippen molar-refractivity contribution in [2.45, 2.75) is 25.6 Å². The predicted molar refractivity (Wildman–Crippen MR) is 71.3 cm³/mol. The summed E-state index contributed by atoms with van der Waals surface area (Å²) in [6.07, 6.45) is -5.47. The van der Waals surface area contributed by atoms with E-state index in [0.717, 1.165) is 17.7 Å². The van der Waals surface area contributed by atoms with Crippen molar-refractivity contribution in [3.05, 3.63) is 70.5 Å². The van der Waals surface area contributed by atoms with Crippen LogP contribution in [0, 0.1) is 5.82 Å². The van der Waals surface area contributed by atoms with E-state index in [1.165, 1.54) is 0 Å². The molecule has 21 heavy (non-hydrogen) atoms. The fraction of sp³-hybridized carbons (Fsp3) is 0.250. The van der Waals surface area contributed by atoms with Gasteiger partial charge in [0.25, 0.3) is 0 Å². The van der Waals surface area contributed by atoms with E-state index >= 15 is 0 Å². The van der Waals surface area contributed by atoms with E-state index in [0.29, 0.717) is 18.1 Å². The van der Waals surface area contributed by atoms with Gasteiger partial charge < -0.3 is 5.11 Å². The zero-order chi connectivity index (χ0) is 15.6. The highest BCUT2D eigenvalue weighted by Gasteiger charge is 2.35. The molecular formula is C16H14F4O. The molecule has 0 bridgehead atoms. The summed E-state index contributed by atoms with van der Waals surface area (Å²) < 4.78 is 52.0. The van der Waals surface area contributed by atoms with E-state index in [9.17, 15) is 22.7 Å². The molecule has 0 aliphatic rings. The summed E-state index contributed by atoms with van der Waals surface area (Å²) in [6.45, 7) is 1.91. The van der Waals surface area contributed by atoms with Crippen molar-refractivity contribution in [3.8, 4) is 0 Å². The molecule has 2 rings (SSSR count). The molecule has 112 valence electrons. The van der Waals surface area contributed by atoms with Crippen molar-refractivity contribution >= 4 is 0 Å². The molecular weight excluding hydrogens is 284 g/mol. The van der Waals surface area contributed by atoms with Gasteiger partial charge in [-0.2, -0.15) is 13.2 Å². The van der Waals surface area contributed by atoms with Crippen LogP contribution < -0.4 is 0 Å². The molecule has 1 nitrogen and oxygen atoms in total. The Morgan fingerprint density at radius 2 is 1.81 bits per heavy atom. The van der Waals surface area contributed by atoms with Crippen LogP contribution in [0.15, 0.2) is 42.5 Å². The van der Waals surface area contributed by atoms with E-state index < -0.39 is 23.7 Å². The van der Waals surface area contributed by atoms with Crippen molar-refractivity contribution in [2.75, 3.05) is 0 Å². The van der Waals surface area contributed by atoms with Crippen LogP contribution in [0.3, 0.4) is 0 Å². The summed E-state index contributed by atoms with van der Waals surface area (Å²) >= 11 is 0. The lowest BCUT2D eigenvalue weighted by molar-refractivity contribution is -0.139. The minimum absolute atomic E-state index is 0.350. The first kappa shape index (κ1) is 15.5. The number of rotatable bonds is 3. The molecule has 1 N–H and O–H groups in total. The SMILES string of the molecule is CCc1cccc(C(O)c2ccc(F)cc2C(F)(F)F)c1. The number of alkyl halides is 3. The van der Waals surface area contributed by atoms with E-state index in [2.05, 4.69) is 0 Å². The number of aliphatic hydroxyl groups excluding tert-OH is 1. The van der Waals surface area contributed by atoms with Gasteiger partial charge in [-0.05, 0) is 35.2 Å². The molecule has 2 aromatic carbocycles. The molecule has 1 atom stereocenters. The zero-order valence-corrected chi connectivity index (χ0v) is 11.3. The average molecular weight is 298 g/mol. The molecule has 0 saturated heterocycles. The molecule has 0 heterocycles. The topological polar surface area (TPSA) is 20.2 Å². The smallest absolute Gasteiger partial charge is 0.384 e.